The predicted octanol–water partition coefficient (Wildman–Crippen LogP) is 6.52. The van der Waals surface area contributed by atoms with Crippen molar-refractivity contribution in [1.82, 2.24) is 4.98 Å². The molecule has 0 amide bonds. The maximum atomic E-state index is 5.94. The summed E-state index contributed by atoms with van der Waals surface area (Å²) in [5.74, 6) is 2.22. The molecule has 0 saturated heterocycles. The van der Waals surface area contributed by atoms with Gasteiger partial charge in [-0.1, -0.05) is 62.4 Å². The predicted molar refractivity (Wildman–Crippen MR) is 117 cm³/mol. The van der Waals surface area contributed by atoms with Crippen LogP contribution in [0.1, 0.15) is 36.6 Å². The molecule has 3 nitrogen and oxygen atoms in total. The van der Waals surface area contributed by atoms with E-state index in [0.29, 0.717) is 19.1 Å². The molecule has 0 atom stereocenters. The van der Waals surface area contributed by atoms with Gasteiger partial charge >= 0.3 is 0 Å². The summed E-state index contributed by atoms with van der Waals surface area (Å²) in [5, 5.41) is 1.14. The van der Waals surface area contributed by atoms with Gasteiger partial charge in [0.05, 0.1) is 11.2 Å². The highest BCUT2D eigenvalue weighted by molar-refractivity contribution is 5.78. The van der Waals surface area contributed by atoms with Gasteiger partial charge in [0.25, 0.3) is 0 Å². The lowest BCUT2D eigenvalue weighted by atomic mass is 10.0. The summed E-state index contributed by atoms with van der Waals surface area (Å²) in [6.07, 6.45) is 0. The van der Waals surface area contributed by atoms with Gasteiger partial charge in [-0.15, -0.1) is 0 Å². The molecular weight excluding hydrogens is 358 g/mol. The Morgan fingerprint density at radius 1 is 0.724 bits per heavy atom. The molecule has 3 heteroatoms. The number of hydrogen-bond donors (Lipinski definition) is 0. The second-order valence-electron chi connectivity index (χ2n) is 7.44. The molecule has 0 aliphatic heterocycles. The van der Waals surface area contributed by atoms with Gasteiger partial charge in [-0.3, -0.25) is 0 Å². The van der Waals surface area contributed by atoms with E-state index in [1.54, 1.807) is 0 Å². The van der Waals surface area contributed by atoms with Gasteiger partial charge in [-0.2, -0.15) is 0 Å². The number of para-hydroxylation sites is 1. The van der Waals surface area contributed by atoms with Crippen molar-refractivity contribution in [2.24, 2.45) is 0 Å². The van der Waals surface area contributed by atoms with Crippen LogP contribution < -0.4 is 9.47 Å². The summed E-state index contributed by atoms with van der Waals surface area (Å²) in [4.78, 5) is 4.65. The van der Waals surface area contributed by atoms with Crippen LogP contribution in [0, 0.1) is 0 Å². The maximum Gasteiger partial charge on any atom is 0.130 e. The number of benzene rings is 3. The Hall–Kier alpha value is -3.33. The molecule has 0 unspecified atom stereocenters. The molecule has 0 saturated carbocycles. The van der Waals surface area contributed by atoms with E-state index in [0.717, 1.165) is 33.7 Å². The minimum absolute atomic E-state index is 0.447. The zero-order chi connectivity index (χ0) is 20.1. The third-order valence-corrected chi connectivity index (χ3v) is 4.90. The molecule has 4 aromatic rings. The molecule has 0 aliphatic carbocycles. The van der Waals surface area contributed by atoms with Gasteiger partial charge in [-0.05, 0) is 53.4 Å². The molecule has 0 N–H and O–H groups in total. The number of nitrogens with zero attached hydrogens (tertiary/aromatic N) is 1. The van der Waals surface area contributed by atoms with E-state index in [2.05, 4.69) is 43.1 Å². The van der Waals surface area contributed by atoms with Gasteiger partial charge in [0.2, 0.25) is 0 Å². The van der Waals surface area contributed by atoms with Crippen molar-refractivity contribution in [1.29, 1.82) is 0 Å². The summed E-state index contributed by atoms with van der Waals surface area (Å²) in [5.41, 5.74) is 4.30. The standard InChI is InChI=1S/C26H25NO2/c1-19(2)22-7-5-8-25(16-22)28-17-20-10-14-24(15-11-20)29-18-23-13-12-21-6-3-4-9-26(21)27-23/h3-16,19H,17-18H2,1-2H3. The maximum absolute atomic E-state index is 5.94. The SMILES string of the molecule is CC(C)c1cccc(OCc2ccc(OCc3ccc4ccccc4n3)cc2)c1. The van der Waals surface area contributed by atoms with Crippen molar-refractivity contribution in [3.63, 3.8) is 0 Å². The molecule has 0 aliphatic rings. The van der Waals surface area contributed by atoms with Crippen LogP contribution in [-0.2, 0) is 13.2 Å². The van der Waals surface area contributed by atoms with Crippen molar-refractivity contribution in [2.45, 2.75) is 33.0 Å². The summed E-state index contributed by atoms with van der Waals surface area (Å²) >= 11 is 0. The molecule has 146 valence electrons. The Bertz CT molecular complexity index is 1090. The minimum atomic E-state index is 0.447. The Kier molecular flexibility index (Phi) is 5.76. The monoisotopic (exact) mass is 383 g/mol. The van der Waals surface area contributed by atoms with E-state index < -0.39 is 0 Å². The highest BCUT2D eigenvalue weighted by Gasteiger charge is 2.03. The molecule has 0 radical (unpaired) electrons. The van der Waals surface area contributed by atoms with Gasteiger partial charge in [0.1, 0.15) is 24.7 Å². The van der Waals surface area contributed by atoms with Crippen LogP contribution in [0.15, 0.2) is 84.9 Å². The fourth-order valence-electron chi connectivity index (χ4n) is 3.16. The van der Waals surface area contributed by atoms with Crippen LogP contribution in [0.3, 0.4) is 0 Å². The Morgan fingerprint density at radius 3 is 2.34 bits per heavy atom. The number of ether oxygens (including phenoxy) is 2. The number of rotatable bonds is 7. The molecule has 4 rings (SSSR count). The number of hydrogen-bond acceptors (Lipinski definition) is 3. The average Bonchev–Trinajstić information content (AvgIpc) is 2.77. The van der Waals surface area contributed by atoms with E-state index in [9.17, 15) is 0 Å². The fourth-order valence-corrected chi connectivity index (χ4v) is 3.16. The molecule has 1 aromatic heterocycles. The Morgan fingerprint density at radius 2 is 1.52 bits per heavy atom. The second-order valence-corrected chi connectivity index (χ2v) is 7.44. The Labute approximate surface area is 171 Å². The van der Waals surface area contributed by atoms with Gasteiger partial charge < -0.3 is 9.47 Å². The highest BCUT2D eigenvalue weighted by atomic mass is 16.5. The quantitative estimate of drug-likeness (QED) is 0.364. The van der Waals surface area contributed by atoms with Crippen molar-refractivity contribution < 1.29 is 9.47 Å². The topological polar surface area (TPSA) is 31.4 Å². The summed E-state index contributed by atoms with van der Waals surface area (Å²) in [6.45, 7) is 5.35. The lowest BCUT2D eigenvalue weighted by Gasteiger charge is -2.11. The van der Waals surface area contributed by atoms with Gasteiger partial charge in [-0.25, -0.2) is 4.98 Å². The highest BCUT2D eigenvalue weighted by Crippen LogP contribution is 2.22. The van der Waals surface area contributed by atoms with Crippen LogP contribution in [0.4, 0.5) is 0 Å². The Balaban J connectivity index is 1.33. The average molecular weight is 383 g/mol. The summed E-state index contributed by atoms with van der Waals surface area (Å²) in [7, 11) is 0. The minimum Gasteiger partial charge on any atom is -0.489 e. The van der Waals surface area contributed by atoms with Crippen LogP contribution in [0.2, 0.25) is 0 Å². The third-order valence-electron chi connectivity index (χ3n) is 4.90. The third kappa shape index (κ3) is 4.94. The molecule has 3 aromatic carbocycles. The van der Waals surface area contributed by atoms with Crippen molar-refractivity contribution in [3.8, 4) is 11.5 Å². The smallest absolute Gasteiger partial charge is 0.130 e. The van der Waals surface area contributed by atoms with E-state index in [4.69, 9.17) is 9.47 Å². The normalized spacial score (nSPS) is 11.0. The summed E-state index contributed by atoms with van der Waals surface area (Å²) < 4.78 is 11.8. The molecular formula is C26H25NO2. The van der Waals surface area contributed by atoms with Crippen LogP contribution in [0.5, 0.6) is 11.5 Å². The molecule has 0 fully saturated rings. The number of pyridine rings is 1. The fraction of sp³-hybridized carbons (Fsp3) is 0.192. The van der Waals surface area contributed by atoms with Crippen LogP contribution in [-0.4, -0.2) is 4.98 Å². The molecule has 1 heterocycles. The van der Waals surface area contributed by atoms with Crippen LogP contribution in [0.25, 0.3) is 10.9 Å². The van der Waals surface area contributed by atoms with E-state index in [1.807, 2.05) is 60.7 Å². The number of aromatic nitrogens is 1. The molecule has 0 bridgehead atoms. The first-order valence-corrected chi connectivity index (χ1v) is 9.96. The lowest BCUT2D eigenvalue weighted by Crippen LogP contribution is -1.99. The first kappa shape index (κ1) is 19.0. The van der Waals surface area contributed by atoms with E-state index in [1.165, 1.54) is 5.56 Å². The first-order valence-electron chi connectivity index (χ1n) is 9.96. The zero-order valence-corrected chi connectivity index (χ0v) is 16.8. The number of fused-ring (bicyclic) bond motifs is 1. The first-order chi connectivity index (χ1) is 14.2. The van der Waals surface area contributed by atoms with Crippen LogP contribution >= 0.6 is 0 Å². The lowest BCUT2D eigenvalue weighted by molar-refractivity contribution is 0.298. The van der Waals surface area contributed by atoms with Crippen molar-refractivity contribution in [3.05, 3.63) is 102 Å². The van der Waals surface area contributed by atoms with Gasteiger partial charge in [0, 0.05) is 5.39 Å². The zero-order valence-electron chi connectivity index (χ0n) is 16.8. The largest absolute Gasteiger partial charge is 0.489 e. The van der Waals surface area contributed by atoms with E-state index >= 15 is 0 Å². The van der Waals surface area contributed by atoms with Gasteiger partial charge in [0.15, 0.2) is 0 Å². The molecule has 29 heavy (non-hydrogen) atoms. The molecule has 0 spiro atoms. The van der Waals surface area contributed by atoms with Crippen molar-refractivity contribution in [2.75, 3.05) is 0 Å². The summed E-state index contributed by atoms with van der Waals surface area (Å²) in [6, 6.07) is 28.5. The van der Waals surface area contributed by atoms with E-state index in [-0.39, 0.29) is 0 Å². The van der Waals surface area contributed by atoms with Crippen molar-refractivity contribution >= 4 is 10.9 Å². The second kappa shape index (κ2) is 8.78.